The number of halogens is 3. The van der Waals surface area contributed by atoms with Crippen LogP contribution in [-0.4, -0.2) is 34.2 Å². The molecule has 9 heteroatoms. The summed E-state index contributed by atoms with van der Waals surface area (Å²) in [7, 11) is 0. The molecule has 22 heavy (non-hydrogen) atoms. The summed E-state index contributed by atoms with van der Waals surface area (Å²) in [6.45, 7) is 1.68. The number of alkyl halides is 3. The number of benzene rings is 1. The van der Waals surface area contributed by atoms with Gasteiger partial charge in [-0.15, -0.1) is 16.9 Å². The maximum absolute atomic E-state index is 13.3. The van der Waals surface area contributed by atoms with Gasteiger partial charge in [-0.1, -0.05) is 6.07 Å². The predicted octanol–water partition coefficient (Wildman–Crippen LogP) is 3.39. The summed E-state index contributed by atoms with van der Waals surface area (Å²) < 4.78 is 44.5. The van der Waals surface area contributed by atoms with E-state index in [2.05, 4.69) is 15.4 Å². The molecule has 0 aliphatic carbocycles. The van der Waals surface area contributed by atoms with Gasteiger partial charge in [0.1, 0.15) is 5.69 Å². The molecule has 2 aromatic rings. The Bertz CT molecular complexity index is 685. The van der Waals surface area contributed by atoms with Crippen molar-refractivity contribution in [1.29, 1.82) is 0 Å². The van der Waals surface area contributed by atoms with Crippen LogP contribution in [-0.2, 0) is 10.9 Å². The Balaban J connectivity index is 2.59. The average Bonchev–Trinajstić information content (AvgIpc) is 2.95. The van der Waals surface area contributed by atoms with E-state index in [1.165, 1.54) is 23.9 Å². The molecule has 118 valence electrons. The zero-order valence-electron chi connectivity index (χ0n) is 11.7. The van der Waals surface area contributed by atoms with Crippen molar-refractivity contribution < 1.29 is 22.7 Å². The minimum Gasteiger partial charge on any atom is -0.461 e. The summed E-state index contributed by atoms with van der Waals surface area (Å²) >= 11 is 1.19. The fraction of sp³-hybridized carbons (Fsp3) is 0.308. The molecule has 0 atom stereocenters. The number of H-pyrrole nitrogens is 1. The van der Waals surface area contributed by atoms with Crippen LogP contribution in [0.2, 0.25) is 0 Å². The summed E-state index contributed by atoms with van der Waals surface area (Å²) in [4.78, 5) is 12.2. The van der Waals surface area contributed by atoms with E-state index < -0.39 is 17.7 Å². The van der Waals surface area contributed by atoms with Gasteiger partial charge in [0, 0.05) is 10.5 Å². The van der Waals surface area contributed by atoms with Gasteiger partial charge in [-0.3, -0.25) is 0 Å². The van der Waals surface area contributed by atoms with Crippen LogP contribution in [0.15, 0.2) is 23.1 Å². The van der Waals surface area contributed by atoms with Crippen molar-refractivity contribution in [2.45, 2.75) is 18.0 Å². The molecule has 0 amide bonds. The van der Waals surface area contributed by atoms with Gasteiger partial charge in [0.05, 0.1) is 12.2 Å². The van der Waals surface area contributed by atoms with Gasteiger partial charge in [-0.05, 0) is 25.3 Å². The van der Waals surface area contributed by atoms with Crippen LogP contribution in [0.1, 0.15) is 23.0 Å². The Kier molecular flexibility index (Phi) is 4.74. The normalized spacial score (nSPS) is 11.5. The van der Waals surface area contributed by atoms with Gasteiger partial charge < -0.3 is 4.74 Å². The number of nitrogens with one attached hydrogen (secondary N) is 1. The van der Waals surface area contributed by atoms with Gasteiger partial charge in [-0.2, -0.15) is 23.5 Å². The van der Waals surface area contributed by atoms with Crippen molar-refractivity contribution in [3.8, 4) is 11.3 Å². The number of esters is 1. The molecule has 1 aromatic heterocycles. The fourth-order valence-electron chi connectivity index (χ4n) is 1.85. The van der Waals surface area contributed by atoms with E-state index in [-0.39, 0.29) is 23.6 Å². The second-order valence-electron chi connectivity index (χ2n) is 4.15. The van der Waals surface area contributed by atoms with Crippen molar-refractivity contribution in [3.05, 3.63) is 29.5 Å². The Hall–Kier alpha value is -2.03. The van der Waals surface area contributed by atoms with E-state index in [0.29, 0.717) is 4.90 Å². The third kappa shape index (κ3) is 3.24. The van der Waals surface area contributed by atoms with Crippen molar-refractivity contribution in [2.24, 2.45) is 0 Å². The molecule has 1 N–H and O–H groups in total. The lowest BCUT2D eigenvalue weighted by Gasteiger charge is -2.13. The predicted molar refractivity (Wildman–Crippen MR) is 74.6 cm³/mol. The second kappa shape index (κ2) is 6.39. The highest BCUT2D eigenvalue weighted by Gasteiger charge is 2.36. The lowest BCUT2D eigenvalue weighted by Crippen LogP contribution is -2.10. The van der Waals surface area contributed by atoms with Crippen molar-refractivity contribution in [1.82, 2.24) is 15.4 Å². The Morgan fingerprint density at radius 2 is 2.09 bits per heavy atom. The van der Waals surface area contributed by atoms with E-state index in [1.54, 1.807) is 13.2 Å². The zero-order valence-corrected chi connectivity index (χ0v) is 12.5. The molecule has 0 aliphatic rings. The molecular formula is C13H12F3N3O2S. The maximum atomic E-state index is 13.3. The summed E-state index contributed by atoms with van der Waals surface area (Å²) in [5, 5.41) is 9.44. The van der Waals surface area contributed by atoms with Gasteiger partial charge in [0.2, 0.25) is 0 Å². The standard InChI is InChI=1S/C13H12F3N3O2S/c1-3-21-12(20)11-10(17-19-18-11)8-5-4-7(22-2)6-9(8)13(14,15)16/h4-6H,3H2,1-2H3,(H,17,18,19). The number of carbonyl (C=O) groups excluding carboxylic acids is 1. The molecule has 0 aliphatic heterocycles. The average molecular weight is 331 g/mol. The van der Waals surface area contributed by atoms with Gasteiger partial charge in [0.15, 0.2) is 5.69 Å². The van der Waals surface area contributed by atoms with Crippen molar-refractivity contribution in [3.63, 3.8) is 0 Å². The van der Waals surface area contributed by atoms with E-state index in [1.807, 2.05) is 0 Å². The quantitative estimate of drug-likeness (QED) is 0.687. The van der Waals surface area contributed by atoms with Crippen LogP contribution < -0.4 is 0 Å². The van der Waals surface area contributed by atoms with Crippen LogP contribution in [0.4, 0.5) is 13.2 Å². The minimum absolute atomic E-state index is 0.0860. The summed E-state index contributed by atoms with van der Waals surface area (Å²) in [6.07, 6.45) is -2.90. The maximum Gasteiger partial charge on any atom is 0.417 e. The molecule has 0 saturated carbocycles. The van der Waals surface area contributed by atoms with E-state index in [9.17, 15) is 18.0 Å². The topological polar surface area (TPSA) is 67.9 Å². The van der Waals surface area contributed by atoms with Gasteiger partial charge in [0.25, 0.3) is 0 Å². The molecule has 0 bridgehead atoms. The Morgan fingerprint density at radius 1 is 1.36 bits per heavy atom. The molecule has 0 unspecified atom stereocenters. The molecule has 0 fully saturated rings. The highest BCUT2D eigenvalue weighted by atomic mass is 32.2. The number of carbonyl (C=O) groups is 1. The van der Waals surface area contributed by atoms with Crippen LogP contribution in [0.25, 0.3) is 11.3 Å². The molecule has 2 rings (SSSR count). The first-order valence-electron chi connectivity index (χ1n) is 6.22. The van der Waals surface area contributed by atoms with Crippen molar-refractivity contribution >= 4 is 17.7 Å². The molecule has 0 spiro atoms. The molecular weight excluding hydrogens is 319 g/mol. The van der Waals surface area contributed by atoms with Crippen LogP contribution in [0, 0.1) is 0 Å². The lowest BCUT2D eigenvalue weighted by atomic mass is 10.0. The van der Waals surface area contributed by atoms with Gasteiger partial charge in [-0.25, -0.2) is 4.79 Å². The Morgan fingerprint density at radius 3 is 2.68 bits per heavy atom. The number of rotatable bonds is 4. The van der Waals surface area contributed by atoms with Crippen LogP contribution >= 0.6 is 11.8 Å². The summed E-state index contributed by atoms with van der Waals surface area (Å²) in [5.41, 5.74) is -1.55. The van der Waals surface area contributed by atoms with E-state index >= 15 is 0 Å². The molecule has 5 nitrogen and oxygen atoms in total. The first kappa shape index (κ1) is 16.3. The fourth-order valence-corrected chi connectivity index (χ4v) is 2.29. The minimum atomic E-state index is -4.58. The number of thioether (sulfide) groups is 1. The highest BCUT2D eigenvalue weighted by molar-refractivity contribution is 7.98. The number of hydrogen-bond donors (Lipinski definition) is 1. The molecule has 1 heterocycles. The van der Waals surface area contributed by atoms with Crippen LogP contribution in [0.3, 0.4) is 0 Å². The smallest absolute Gasteiger partial charge is 0.417 e. The van der Waals surface area contributed by atoms with E-state index in [4.69, 9.17) is 4.74 Å². The van der Waals surface area contributed by atoms with Crippen LogP contribution in [0.5, 0.6) is 0 Å². The second-order valence-corrected chi connectivity index (χ2v) is 5.03. The Labute approximate surface area is 128 Å². The third-order valence-corrected chi connectivity index (χ3v) is 3.53. The molecule has 0 saturated heterocycles. The largest absolute Gasteiger partial charge is 0.461 e. The number of aromatic nitrogens is 3. The van der Waals surface area contributed by atoms with Gasteiger partial charge >= 0.3 is 12.1 Å². The first-order valence-corrected chi connectivity index (χ1v) is 7.44. The third-order valence-electron chi connectivity index (χ3n) is 2.80. The first-order chi connectivity index (χ1) is 10.4. The summed E-state index contributed by atoms with van der Waals surface area (Å²) in [5.74, 6) is -0.826. The SMILES string of the molecule is CCOC(=O)c1n[nH]nc1-c1ccc(SC)cc1C(F)(F)F. The monoisotopic (exact) mass is 331 g/mol. The highest BCUT2D eigenvalue weighted by Crippen LogP contribution is 2.39. The number of nitrogens with zero attached hydrogens (tertiary/aromatic N) is 2. The number of aromatic amines is 1. The lowest BCUT2D eigenvalue weighted by molar-refractivity contribution is -0.137. The molecule has 1 aromatic carbocycles. The molecule has 0 radical (unpaired) electrons. The number of ether oxygens (including phenoxy) is 1. The van der Waals surface area contributed by atoms with Crippen molar-refractivity contribution in [2.75, 3.05) is 12.9 Å². The zero-order chi connectivity index (χ0) is 16.3. The van der Waals surface area contributed by atoms with E-state index in [0.717, 1.165) is 6.07 Å². The number of hydrogen-bond acceptors (Lipinski definition) is 5. The summed E-state index contributed by atoms with van der Waals surface area (Å²) in [6, 6.07) is 3.82.